The fraction of sp³-hybridized carbons (Fsp3) is 0.185. The normalized spacial score (nSPS) is 17.6. The predicted molar refractivity (Wildman–Crippen MR) is 125 cm³/mol. The van der Waals surface area contributed by atoms with E-state index >= 15 is 0 Å². The van der Waals surface area contributed by atoms with Gasteiger partial charge in [-0.15, -0.1) is 0 Å². The lowest BCUT2D eigenvalue weighted by atomic mass is 9.94. The van der Waals surface area contributed by atoms with E-state index in [1.165, 1.54) is 12.0 Å². The minimum atomic E-state index is -0.756. The van der Waals surface area contributed by atoms with E-state index in [0.717, 1.165) is 23.1 Å². The van der Waals surface area contributed by atoms with Gasteiger partial charge in [0.25, 0.3) is 11.7 Å². The number of rotatable bonds is 5. The molecular formula is C27H25NO4. The van der Waals surface area contributed by atoms with Gasteiger partial charge in [0, 0.05) is 5.69 Å². The van der Waals surface area contributed by atoms with Crippen molar-refractivity contribution < 1.29 is 19.4 Å². The van der Waals surface area contributed by atoms with Gasteiger partial charge in [0.2, 0.25) is 0 Å². The number of anilines is 1. The van der Waals surface area contributed by atoms with Crippen molar-refractivity contribution in [3.63, 3.8) is 0 Å². The Morgan fingerprint density at radius 2 is 1.69 bits per heavy atom. The summed E-state index contributed by atoms with van der Waals surface area (Å²) in [7, 11) is 1.50. The predicted octanol–water partition coefficient (Wildman–Crippen LogP) is 5.19. The van der Waals surface area contributed by atoms with Gasteiger partial charge in [-0.25, -0.2) is 0 Å². The Kier molecular flexibility index (Phi) is 5.82. The van der Waals surface area contributed by atoms with Crippen LogP contribution in [0.4, 0.5) is 5.69 Å². The SMILES string of the molecule is CCc1ccc(N2C(=O)C(=O)/C(=C(/O)c3cc(C)ccc3OC)C2c2ccccc2)cc1. The number of carbonyl (C=O) groups is 2. The van der Waals surface area contributed by atoms with Gasteiger partial charge in [0.15, 0.2) is 0 Å². The molecule has 0 radical (unpaired) electrons. The van der Waals surface area contributed by atoms with Crippen molar-refractivity contribution in [1.82, 2.24) is 0 Å². The number of hydrogen-bond donors (Lipinski definition) is 1. The third kappa shape index (κ3) is 3.66. The lowest BCUT2D eigenvalue weighted by Crippen LogP contribution is -2.29. The molecule has 0 bridgehead atoms. The van der Waals surface area contributed by atoms with Gasteiger partial charge < -0.3 is 9.84 Å². The molecule has 1 saturated heterocycles. The molecule has 1 aliphatic rings. The summed E-state index contributed by atoms with van der Waals surface area (Å²) in [5, 5.41) is 11.3. The second-order valence-corrected chi connectivity index (χ2v) is 7.80. The number of amides is 1. The van der Waals surface area contributed by atoms with Crippen LogP contribution in [-0.4, -0.2) is 23.9 Å². The molecule has 1 aliphatic heterocycles. The second-order valence-electron chi connectivity index (χ2n) is 7.80. The first-order valence-electron chi connectivity index (χ1n) is 10.6. The molecule has 3 aromatic rings. The molecule has 1 amide bonds. The van der Waals surface area contributed by atoms with Crippen molar-refractivity contribution in [2.24, 2.45) is 0 Å². The van der Waals surface area contributed by atoms with E-state index in [-0.39, 0.29) is 11.3 Å². The molecule has 4 rings (SSSR count). The first kappa shape index (κ1) is 21.4. The van der Waals surface area contributed by atoms with Crippen LogP contribution in [0.2, 0.25) is 0 Å². The standard InChI is InChI=1S/C27H25NO4/c1-4-18-11-13-20(14-12-18)28-24(19-8-6-5-7-9-19)23(26(30)27(28)31)25(29)21-16-17(2)10-15-22(21)32-3/h5-16,24,29H,4H2,1-3H3/b25-23+. The number of nitrogens with zero attached hydrogens (tertiary/aromatic N) is 1. The van der Waals surface area contributed by atoms with Crippen molar-refractivity contribution in [2.75, 3.05) is 12.0 Å². The first-order valence-corrected chi connectivity index (χ1v) is 10.6. The van der Waals surface area contributed by atoms with Gasteiger partial charge in [-0.05, 0) is 48.7 Å². The summed E-state index contributed by atoms with van der Waals surface area (Å²) in [5.74, 6) is -1.21. The Morgan fingerprint density at radius 3 is 2.31 bits per heavy atom. The van der Waals surface area contributed by atoms with E-state index in [1.54, 1.807) is 12.1 Å². The lowest BCUT2D eigenvalue weighted by Gasteiger charge is -2.25. The number of ketones is 1. The molecule has 0 aliphatic carbocycles. The summed E-state index contributed by atoms with van der Waals surface area (Å²) < 4.78 is 5.42. The molecule has 1 N–H and O–H groups in total. The topological polar surface area (TPSA) is 66.8 Å². The Morgan fingerprint density at radius 1 is 1.00 bits per heavy atom. The third-order valence-electron chi connectivity index (χ3n) is 5.79. The molecule has 5 nitrogen and oxygen atoms in total. The van der Waals surface area contributed by atoms with Gasteiger partial charge in [0.1, 0.15) is 11.5 Å². The van der Waals surface area contributed by atoms with E-state index in [2.05, 4.69) is 6.92 Å². The van der Waals surface area contributed by atoms with E-state index in [9.17, 15) is 14.7 Å². The van der Waals surface area contributed by atoms with Gasteiger partial charge in [-0.1, -0.05) is 61.0 Å². The highest BCUT2D eigenvalue weighted by Gasteiger charge is 2.47. The van der Waals surface area contributed by atoms with E-state index in [0.29, 0.717) is 17.0 Å². The highest BCUT2D eigenvalue weighted by Crippen LogP contribution is 2.43. The average molecular weight is 428 g/mol. The zero-order valence-corrected chi connectivity index (χ0v) is 18.3. The summed E-state index contributed by atoms with van der Waals surface area (Å²) in [5.41, 5.74) is 3.80. The number of benzene rings is 3. The number of aryl methyl sites for hydroxylation is 2. The molecule has 3 aromatic carbocycles. The van der Waals surface area contributed by atoms with E-state index in [4.69, 9.17) is 4.74 Å². The maximum Gasteiger partial charge on any atom is 0.300 e. The van der Waals surface area contributed by atoms with E-state index < -0.39 is 17.7 Å². The number of methoxy groups -OCH3 is 1. The molecule has 0 spiro atoms. The summed E-state index contributed by atoms with van der Waals surface area (Å²) >= 11 is 0. The summed E-state index contributed by atoms with van der Waals surface area (Å²) in [6.07, 6.45) is 0.869. The van der Waals surface area contributed by atoms with Gasteiger partial charge in [-0.3, -0.25) is 14.5 Å². The molecule has 1 fully saturated rings. The molecule has 0 saturated carbocycles. The van der Waals surface area contributed by atoms with Gasteiger partial charge >= 0.3 is 0 Å². The van der Waals surface area contributed by atoms with Crippen LogP contribution < -0.4 is 9.64 Å². The molecule has 1 atom stereocenters. The zero-order valence-electron chi connectivity index (χ0n) is 18.3. The van der Waals surface area contributed by atoms with Gasteiger partial charge in [-0.2, -0.15) is 0 Å². The van der Waals surface area contributed by atoms with Crippen LogP contribution in [0.1, 0.15) is 35.2 Å². The number of carbonyl (C=O) groups excluding carboxylic acids is 2. The Balaban J connectivity index is 1.95. The van der Waals surface area contributed by atoms with Crippen molar-refractivity contribution in [3.8, 4) is 5.75 Å². The maximum absolute atomic E-state index is 13.2. The summed E-state index contributed by atoms with van der Waals surface area (Å²) in [4.78, 5) is 27.9. The fourth-order valence-electron chi connectivity index (χ4n) is 4.09. The number of ether oxygens (including phenoxy) is 1. The number of hydrogen-bond acceptors (Lipinski definition) is 4. The highest BCUT2D eigenvalue weighted by atomic mass is 16.5. The smallest absolute Gasteiger partial charge is 0.300 e. The maximum atomic E-state index is 13.2. The van der Waals surface area contributed by atoms with Crippen molar-refractivity contribution in [1.29, 1.82) is 0 Å². The number of Topliss-reactive ketones (excluding diaryl/α,β-unsaturated/α-hetero) is 1. The van der Waals surface area contributed by atoms with Crippen LogP contribution in [0.25, 0.3) is 5.76 Å². The minimum absolute atomic E-state index is 0.0460. The molecule has 1 unspecified atom stereocenters. The Bertz CT molecular complexity index is 1200. The monoisotopic (exact) mass is 427 g/mol. The largest absolute Gasteiger partial charge is 0.507 e. The molecule has 0 aromatic heterocycles. The molecular weight excluding hydrogens is 402 g/mol. The van der Waals surface area contributed by atoms with Crippen LogP contribution >= 0.6 is 0 Å². The quantitative estimate of drug-likeness (QED) is 0.346. The molecule has 1 heterocycles. The number of aliphatic hydroxyl groups excluding tert-OH is 1. The van der Waals surface area contributed by atoms with Crippen LogP contribution in [-0.2, 0) is 16.0 Å². The van der Waals surface area contributed by atoms with Crippen LogP contribution in [0, 0.1) is 6.92 Å². The molecule has 5 heteroatoms. The third-order valence-corrected chi connectivity index (χ3v) is 5.79. The number of aliphatic hydroxyl groups is 1. The molecule has 162 valence electrons. The lowest BCUT2D eigenvalue weighted by molar-refractivity contribution is -0.132. The highest BCUT2D eigenvalue weighted by molar-refractivity contribution is 6.51. The first-order chi connectivity index (χ1) is 15.5. The minimum Gasteiger partial charge on any atom is -0.507 e. The molecule has 32 heavy (non-hydrogen) atoms. The second kappa shape index (κ2) is 8.71. The van der Waals surface area contributed by atoms with Crippen molar-refractivity contribution >= 4 is 23.1 Å². The van der Waals surface area contributed by atoms with E-state index in [1.807, 2.05) is 67.6 Å². The fourth-order valence-corrected chi connectivity index (χ4v) is 4.09. The Hall–Kier alpha value is -3.86. The van der Waals surface area contributed by atoms with Crippen LogP contribution in [0.5, 0.6) is 5.75 Å². The van der Waals surface area contributed by atoms with Crippen molar-refractivity contribution in [2.45, 2.75) is 26.3 Å². The van der Waals surface area contributed by atoms with Gasteiger partial charge in [0.05, 0.1) is 24.3 Å². The Labute approximate surface area is 187 Å². The van der Waals surface area contributed by atoms with Crippen LogP contribution in [0.15, 0.2) is 78.4 Å². The van der Waals surface area contributed by atoms with Crippen LogP contribution in [0.3, 0.4) is 0 Å². The summed E-state index contributed by atoms with van der Waals surface area (Å²) in [6.45, 7) is 3.94. The summed E-state index contributed by atoms with van der Waals surface area (Å²) in [6, 6.07) is 21.4. The van der Waals surface area contributed by atoms with Crippen molar-refractivity contribution in [3.05, 3.63) is 101 Å². The average Bonchev–Trinajstić information content (AvgIpc) is 3.09. The zero-order chi connectivity index (χ0) is 22.8.